The summed E-state index contributed by atoms with van der Waals surface area (Å²) in [5, 5.41) is 11.7. The number of sulfone groups is 1. The van der Waals surface area contributed by atoms with Crippen LogP contribution in [-0.2, 0) is 9.84 Å². The molecule has 2 rings (SSSR count). The van der Waals surface area contributed by atoms with E-state index in [1.807, 2.05) is 0 Å². The summed E-state index contributed by atoms with van der Waals surface area (Å²) in [6.45, 7) is 0. The third-order valence-corrected chi connectivity index (χ3v) is 4.73. The Labute approximate surface area is 105 Å². The summed E-state index contributed by atoms with van der Waals surface area (Å²) >= 11 is 0. The molecule has 0 aliphatic carbocycles. The minimum atomic E-state index is -2.88. The van der Waals surface area contributed by atoms with Gasteiger partial charge >= 0.3 is 0 Å². The summed E-state index contributed by atoms with van der Waals surface area (Å²) in [6.07, 6.45) is 1.06. The molecule has 1 aliphatic heterocycles. The molecule has 1 fully saturated rings. The van der Waals surface area contributed by atoms with E-state index in [2.05, 4.69) is 5.32 Å². The van der Waals surface area contributed by atoms with Crippen molar-refractivity contribution in [2.75, 3.05) is 16.8 Å². The van der Waals surface area contributed by atoms with Gasteiger partial charge in [0.2, 0.25) is 0 Å². The number of hydrogen-bond acceptors (Lipinski definition) is 4. The smallest absolute Gasteiger partial charge is 0.150 e. The fourth-order valence-corrected chi connectivity index (χ4v) is 3.46. The summed E-state index contributed by atoms with van der Waals surface area (Å²) in [7, 11) is -2.88. The molecular weight excluding hydrogens is 255 g/mol. The quantitative estimate of drug-likeness (QED) is 0.886. The molecule has 1 aromatic rings. The average Bonchev–Trinajstić information content (AvgIpc) is 2.32. The summed E-state index contributed by atoms with van der Waals surface area (Å²) in [4.78, 5) is 0. The molecule has 0 bridgehead atoms. The molecule has 0 saturated carbocycles. The molecule has 0 aromatic heterocycles. The van der Waals surface area contributed by atoms with Crippen LogP contribution in [0.1, 0.15) is 18.4 Å². The van der Waals surface area contributed by atoms with Gasteiger partial charge in [0.25, 0.3) is 0 Å². The predicted molar refractivity (Wildman–Crippen MR) is 66.4 cm³/mol. The van der Waals surface area contributed by atoms with Crippen molar-refractivity contribution < 1.29 is 12.8 Å². The van der Waals surface area contributed by atoms with Gasteiger partial charge in [0, 0.05) is 11.7 Å². The summed E-state index contributed by atoms with van der Waals surface area (Å²) in [5.41, 5.74) is 0.586. The Morgan fingerprint density at radius 1 is 1.33 bits per heavy atom. The van der Waals surface area contributed by atoms with Crippen LogP contribution in [0.3, 0.4) is 0 Å². The Morgan fingerprint density at radius 2 is 2.00 bits per heavy atom. The SMILES string of the molecule is N#Cc1ccc(NC2CCS(=O)(=O)CC2)cc1F. The number of anilines is 1. The molecule has 0 unspecified atom stereocenters. The Bertz CT molecular complexity index is 579. The zero-order valence-electron chi connectivity index (χ0n) is 9.69. The van der Waals surface area contributed by atoms with Crippen LogP contribution in [0.5, 0.6) is 0 Å². The van der Waals surface area contributed by atoms with Crippen LogP contribution in [0.25, 0.3) is 0 Å². The topological polar surface area (TPSA) is 70.0 Å². The number of nitrogens with zero attached hydrogens (tertiary/aromatic N) is 1. The van der Waals surface area contributed by atoms with Gasteiger partial charge in [0.15, 0.2) is 0 Å². The number of halogens is 1. The Balaban J connectivity index is 2.03. The standard InChI is InChI=1S/C12H13FN2O2S/c13-12-7-11(2-1-9(12)8-14)15-10-3-5-18(16,17)6-4-10/h1-2,7,10,15H,3-6H2. The third kappa shape index (κ3) is 2.99. The normalized spacial score (nSPS) is 19.1. The molecule has 0 radical (unpaired) electrons. The van der Waals surface area contributed by atoms with Gasteiger partial charge in [-0.05, 0) is 31.0 Å². The summed E-state index contributed by atoms with van der Waals surface area (Å²) < 4.78 is 35.9. The van der Waals surface area contributed by atoms with Crippen molar-refractivity contribution in [1.29, 1.82) is 5.26 Å². The molecule has 0 atom stereocenters. The second-order valence-electron chi connectivity index (χ2n) is 4.38. The maximum absolute atomic E-state index is 13.4. The van der Waals surface area contributed by atoms with Gasteiger partial charge in [-0.25, -0.2) is 12.8 Å². The first kappa shape index (κ1) is 12.8. The van der Waals surface area contributed by atoms with Gasteiger partial charge in [0.05, 0.1) is 17.1 Å². The predicted octanol–water partition coefficient (Wildman–Crippen LogP) is 1.69. The Hall–Kier alpha value is -1.61. The highest BCUT2D eigenvalue weighted by molar-refractivity contribution is 7.91. The van der Waals surface area contributed by atoms with E-state index in [-0.39, 0.29) is 23.1 Å². The summed E-state index contributed by atoms with van der Waals surface area (Å²) in [5.74, 6) is -0.224. The third-order valence-electron chi connectivity index (χ3n) is 3.01. The first-order valence-electron chi connectivity index (χ1n) is 5.67. The second-order valence-corrected chi connectivity index (χ2v) is 6.68. The molecule has 96 valence electrons. The monoisotopic (exact) mass is 268 g/mol. The molecule has 1 N–H and O–H groups in total. The van der Waals surface area contributed by atoms with Crippen LogP contribution < -0.4 is 5.32 Å². The van der Waals surface area contributed by atoms with Crippen molar-refractivity contribution in [3.05, 3.63) is 29.6 Å². The lowest BCUT2D eigenvalue weighted by Crippen LogP contribution is -2.32. The van der Waals surface area contributed by atoms with Crippen molar-refractivity contribution in [2.24, 2.45) is 0 Å². The highest BCUT2D eigenvalue weighted by atomic mass is 32.2. The number of benzene rings is 1. The van der Waals surface area contributed by atoms with Crippen molar-refractivity contribution in [3.63, 3.8) is 0 Å². The van der Waals surface area contributed by atoms with Crippen LogP contribution in [0.2, 0.25) is 0 Å². The number of hydrogen-bond donors (Lipinski definition) is 1. The lowest BCUT2D eigenvalue weighted by Gasteiger charge is -2.24. The molecular formula is C12H13FN2O2S. The van der Waals surface area contributed by atoms with E-state index in [4.69, 9.17) is 5.26 Å². The maximum Gasteiger partial charge on any atom is 0.150 e. The largest absolute Gasteiger partial charge is 0.382 e. The Kier molecular flexibility index (Phi) is 3.53. The molecule has 0 spiro atoms. The van der Waals surface area contributed by atoms with Gasteiger partial charge < -0.3 is 5.32 Å². The van der Waals surface area contributed by atoms with Crippen LogP contribution in [0, 0.1) is 17.1 Å². The van der Waals surface area contributed by atoms with Crippen molar-refractivity contribution in [3.8, 4) is 6.07 Å². The minimum absolute atomic E-state index is 0.00627. The lowest BCUT2D eigenvalue weighted by molar-refractivity contribution is 0.559. The Morgan fingerprint density at radius 3 is 2.56 bits per heavy atom. The average molecular weight is 268 g/mol. The number of nitrogens with one attached hydrogen (secondary N) is 1. The zero-order valence-corrected chi connectivity index (χ0v) is 10.5. The van der Waals surface area contributed by atoms with Crippen LogP contribution in [-0.4, -0.2) is 26.0 Å². The highest BCUT2D eigenvalue weighted by Gasteiger charge is 2.23. The molecule has 18 heavy (non-hydrogen) atoms. The molecule has 6 heteroatoms. The first-order valence-corrected chi connectivity index (χ1v) is 7.49. The van der Waals surface area contributed by atoms with Gasteiger partial charge in [-0.3, -0.25) is 0 Å². The minimum Gasteiger partial charge on any atom is -0.382 e. The fraction of sp³-hybridized carbons (Fsp3) is 0.417. The van der Waals surface area contributed by atoms with Gasteiger partial charge in [0.1, 0.15) is 21.7 Å². The molecule has 1 aliphatic rings. The van der Waals surface area contributed by atoms with Crippen LogP contribution in [0.4, 0.5) is 10.1 Å². The van der Waals surface area contributed by atoms with E-state index >= 15 is 0 Å². The molecule has 1 heterocycles. The van der Waals surface area contributed by atoms with Gasteiger partial charge in [-0.1, -0.05) is 0 Å². The van der Waals surface area contributed by atoms with E-state index < -0.39 is 15.7 Å². The van der Waals surface area contributed by atoms with E-state index in [9.17, 15) is 12.8 Å². The van der Waals surface area contributed by atoms with E-state index in [1.165, 1.54) is 12.1 Å². The first-order chi connectivity index (χ1) is 8.50. The van der Waals surface area contributed by atoms with Crippen LogP contribution >= 0.6 is 0 Å². The molecule has 0 amide bonds. The van der Waals surface area contributed by atoms with Crippen LogP contribution in [0.15, 0.2) is 18.2 Å². The summed E-state index contributed by atoms with van der Waals surface area (Å²) in [6, 6.07) is 6.11. The van der Waals surface area contributed by atoms with Gasteiger partial charge in [-0.2, -0.15) is 5.26 Å². The lowest BCUT2D eigenvalue weighted by atomic mass is 10.1. The molecule has 4 nitrogen and oxygen atoms in total. The maximum atomic E-state index is 13.4. The molecule has 1 aromatic carbocycles. The van der Waals surface area contributed by atoms with Crippen molar-refractivity contribution >= 4 is 15.5 Å². The highest BCUT2D eigenvalue weighted by Crippen LogP contribution is 2.19. The van der Waals surface area contributed by atoms with E-state index in [1.54, 1.807) is 12.1 Å². The molecule has 1 saturated heterocycles. The number of rotatable bonds is 2. The van der Waals surface area contributed by atoms with Crippen molar-refractivity contribution in [1.82, 2.24) is 0 Å². The fourth-order valence-electron chi connectivity index (χ4n) is 1.97. The van der Waals surface area contributed by atoms with Gasteiger partial charge in [-0.15, -0.1) is 0 Å². The van der Waals surface area contributed by atoms with E-state index in [0.717, 1.165) is 0 Å². The van der Waals surface area contributed by atoms with Crippen molar-refractivity contribution in [2.45, 2.75) is 18.9 Å². The van der Waals surface area contributed by atoms with E-state index in [0.29, 0.717) is 18.5 Å². The zero-order chi connectivity index (χ0) is 13.2. The second kappa shape index (κ2) is 4.94. The number of nitriles is 1.